The van der Waals surface area contributed by atoms with Gasteiger partial charge in [-0.15, -0.1) is 0 Å². The summed E-state index contributed by atoms with van der Waals surface area (Å²) < 4.78 is 0. The molecule has 3 nitrogen and oxygen atoms in total. The van der Waals surface area contributed by atoms with Crippen molar-refractivity contribution < 1.29 is 15.0 Å². The number of aliphatic hydroxyl groups excluding tert-OH is 1. The van der Waals surface area contributed by atoms with Crippen LogP contribution in [0.1, 0.15) is 53.9 Å². The van der Waals surface area contributed by atoms with Gasteiger partial charge in [-0.1, -0.05) is 31.6 Å². The van der Waals surface area contributed by atoms with Crippen LogP contribution in [0.25, 0.3) is 0 Å². The number of rotatable bonds is 0. The molecule has 1 fully saturated rings. The fourth-order valence-corrected chi connectivity index (χ4v) is 3.75. The van der Waals surface area contributed by atoms with E-state index in [4.69, 9.17) is 0 Å². The third kappa shape index (κ3) is 4.42. The number of hydrogen-bond donors (Lipinski definition) is 2. The summed E-state index contributed by atoms with van der Waals surface area (Å²) in [6, 6.07) is 0. The van der Waals surface area contributed by atoms with Crippen molar-refractivity contribution in [3.63, 3.8) is 0 Å². The summed E-state index contributed by atoms with van der Waals surface area (Å²) >= 11 is 0. The van der Waals surface area contributed by atoms with E-state index in [1.54, 1.807) is 6.92 Å². The van der Waals surface area contributed by atoms with Crippen molar-refractivity contribution in [2.45, 2.75) is 65.6 Å². The van der Waals surface area contributed by atoms with Crippen LogP contribution in [0.3, 0.4) is 0 Å². The van der Waals surface area contributed by atoms with Crippen LogP contribution in [0.4, 0.5) is 0 Å². The highest BCUT2D eigenvalue weighted by Gasteiger charge is 2.55. The van der Waals surface area contributed by atoms with Crippen molar-refractivity contribution in [1.29, 1.82) is 0 Å². The predicted molar refractivity (Wildman–Crippen MR) is 92.9 cm³/mol. The van der Waals surface area contributed by atoms with Gasteiger partial charge in [-0.2, -0.15) is 0 Å². The minimum Gasteiger partial charge on any atom is -0.389 e. The SMILES string of the molecule is CC1=CC(O)CC(C)(O)C=CC(=O)C(C)=CC2C(CC1)C2(C)C. The number of carbonyl (C=O) groups is 1. The quantitative estimate of drug-likeness (QED) is 0.671. The molecule has 4 unspecified atom stereocenters. The average Bonchev–Trinajstić information content (AvgIpc) is 2.92. The van der Waals surface area contributed by atoms with Crippen LogP contribution in [0.2, 0.25) is 0 Å². The van der Waals surface area contributed by atoms with Gasteiger partial charge in [0.25, 0.3) is 0 Å². The Morgan fingerprint density at radius 2 is 1.83 bits per heavy atom. The summed E-state index contributed by atoms with van der Waals surface area (Å²) in [7, 11) is 0. The summed E-state index contributed by atoms with van der Waals surface area (Å²) in [6.07, 6.45) is 8.37. The molecule has 23 heavy (non-hydrogen) atoms. The van der Waals surface area contributed by atoms with Crippen LogP contribution >= 0.6 is 0 Å². The van der Waals surface area contributed by atoms with Crippen molar-refractivity contribution in [2.75, 3.05) is 0 Å². The molecule has 0 heterocycles. The molecule has 0 spiro atoms. The Kier molecular flexibility index (Phi) is 5.03. The monoisotopic (exact) mass is 318 g/mol. The van der Waals surface area contributed by atoms with E-state index in [0.717, 1.165) is 24.0 Å². The number of hydrogen-bond acceptors (Lipinski definition) is 3. The second kappa shape index (κ2) is 6.37. The predicted octanol–water partition coefficient (Wildman–Crippen LogP) is 3.57. The molecule has 128 valence electrons. The molecule has 0 aromatic carbocycles. The van der Waals surface area contributed by atoms with Gasteiger partial charge in [0.15, 0.2) is 5.78 Å². The van der Waals surface area contributed by atoms with Crippen LogP contribution in [0.15, 0.2) is 35.5 Å². The van der Waals surface area contributed by atoms with Gasteiger partial charge in [-0.25, -0.2) is 0 Å². The topological polar surface area (TPSA) is 57.5 Å². The maximum Gasteiger partial charge on any atom is 0.181 e. The van der Waals surface area contributed by atoms with Crippen molar-refractivity contribution in [2.24, 2.45) is 17.3 Å². The van der Waals surface area contributed by atoms with E-state index >= 15 is 0 Å². The molecule has 4 atom stereocenters. The highest BCUT2D eigenvalue weighted by Crippen LogP contribution is 2.61. The molecule has 0 aromatic rings. The van der Waals surface area contributed by atoms with Gasteiger partial charge in [0, 0.05) is 6.42 Å². The first kappa shape index (κ1) is 18.2. The van der Waals surface area contributed by atoms with Crippen molar-refractivity contribution in [1.82, 2.24) is 0 Å². The van der Waals surface area contributed by atoms with E-state index in [0.29, 0.717) is 11.8 Å². The second-order valence-corrected chi connectivity index (χ2v) is 8.18. The fraction of sp³-hybridized carbons (Fsp3) is 0.650. The average molecular weight is 318 g/mol. The lowest BCUT2D eigenvalue weighted by molar-refractivity contribution is -0.111. The maximum absolute atomic E-state index is 12.2. The Morgan fingerprint density at radius 3 is 2.48 bits per heavy atom. The van der Waals surface area contributed by atoms with E-state index in [2.05, 4.69) is 19.9 Å². The van der Waals surface area contributed by atoms with Crippen LogP contribution in [-0.2, 0) is 4.79 Å². The van der Waals surface area contributed by atoms with Crippen LogP contribution in [0.5, 0.6) is 0 Å². The lowest BCUT2D eigenvalue weighted by Gasteiger charge is -2.21. The normalized spacial score (nSPS) is 38.2. The van der Waals surface area contributed by atoms with Gasteiger partial charge < -0.3 is 10.2 Å². The lowest BCUT2D eigenvalue weighted by atomic mass is 9.94. The van der Waals surface area contributed by atoms with Crippen LogP contribution < -0.4 is 0 Å². The first-order valence-electron chi connectivity index (χ1n) is 8.52. The number of aliphatic hydroxyl groups is 2. The highest BCUT2D eigenvalue weighted by molar-refractivity contribution is 6.03. The van der Waals surface area contributed by atoms with Gasteiger partial charge in [0.2, 0.25) is 0 Å². The van der Waals surface area contributed by atoms with E-state index < -0.39 is 11.7 Å². The molecule has 0 amide bonds. The Labute approximate surface area is 139 Å². The van der Waals surface area contributed by atoms with Gasteiger partial charge in [0.05, 0.1) is 11.7 Å². The number of fused-ring (bicyclic) bond motifs is 1. The minimum atomic E-state index is -1.20. The first-order valence-corrected chi connectivity index (χ1v) is 8.52. The second-order valence-electron chi connectivity index (χ2n) is 8.18. The van der Waals surface area contributed by atoms with Gasteiger partial charge in [0.1, 0.15) is 0 Å². The minimum absolute atomic E-state index is 0.0648. The molecule has 2 rings (SSSR count). The van der Waals surface area contributed by atoms with Crippen molar-refractivity contribution in [3.05, 3.63) is 35.5 Å². The van der Waals surface area contributed by atoms with E-state index in [1.807, 2.05) is 19.9 Å². The molecule has 0 radical (unpaired) electrons. The van der Waals surface area contributed by atoms with Gasteiger partial charge in [-0.05, 0) is 68.6 Å². The molecule has 3 heteroatoms. The summed E-state index contributed by atoms with van der Waals surface area (Å²) in [5, 5.41) is 20.5. The maximum atomic E-state index is 12.2. The Morgan fingerprint density at radius 1 is 1.17 bits per heavy atom. The molecule has 0 bridgehead atoms. The summed E-state index contributed by atoms with van der Waals surface area (Å²) in [5.74, 6) is 0.951. The zero-order chi connectivity index (χ0) is 17.4. The van der Waals surface area contributed by atoms with Gasteiger partial charge >= 0.3 is 0 Å². The molecule has 0 aromatic heterocycles. The molecule has 2 aliphatic rings. The zero-order valence-electron chi connectivity index (χ0n) is 15.0. The smallest absolute Gasteiger partial charge is 0.181 e. The summed E-state index contributed by atoms with van der Waals surface area (Å²) in [4.78, 5) is 12.2. The molecular formula is C20H30O3. The number of allylic oxidation sites excluding steroid dienone is 4. The summed E-state index contributed by atoms with van der Waals surface area (Å²) in [5.41, 5.74) is 0.933. The third-order valence-corrected chi connectivity index (χ3v) is 5.50. The molecule has 0 aliphatic heterocycles. The largest absolute Gasteiger partial charge is 0.389 e. The van der Waals surface area contributed by atoms with Crippen LogP contribution in [0, 0.1) is 17.3 Å². The third-order valence-electron chi connectivity index (χ3n) is 5.50. The molecule has 2 N–H and O–H groups in total. The Bertz CT molecular complexity index is 563. The zero-order valence-corrected chi connectivity index (χ0v) is 15.0. The van der Waals surface area contributed by atoms with E-state index in [-0.39, 0.29) is 17.6 Å². The molecular weight excluding hydrogens is 288 g/mol. The standard InChI is InChI=1S/C20H30O3/c1-13-6-7-16-17(19(16,3)4)11-14(2)18(22)8-9-20(5,23)12-15(21)10-13/h8-11,15-17,21,23H,6-7,12H2,1-5H3. The highest BCUT2D eigenvalue weighted by atomic mass is 16.3. The van der Waals surface area contributed by atoms with Crippen molar-refractivity contribution >= 4 is 5.78 Å². The number of ketones is 1. The number of carbonyl (C=O) groups excluding carboxylic acids is 1. The lowest BCUT2D eigenvalue weighted by Crippen LogP contribution is -2.27. The van der Waals surface area contributed by atoms with E-state index in [9.17, 15) is 15.0 Å². The van der Waals surface area contributed by atoms with E-state index in [1.165, 1.54) is 12.2 Å². The first-order chi connectivity index (χ1) is 10.5. The fourth-order valence-electron chi connectivity index (χ4n) is 3.75. The van der Waals surface area contributed by atoms with Crippen molar-refractivity contribution in [3.8, 4) is 0 Å². The molecule has 0 saturated heterocycles. The Balaban J connectivity index is 2.29. The van der Waals surface area contributed by atoms with Crippen LogP contribution in [-0.4, -0.2) is 27.7 Å². The Hall–Kier alpha value is -1.19. The molecule has 1 saturated carbocycles. The molecule has 2 aliphatic carbocycles. The summed E-state index contributed by atoms with van der Waals surface area (Å²) in [6.45, 7) is 10.0. The van der Waals surface area contributed by atoms with Gasteiger partial charge in [-0.3, -0.25) is 4.79 Å².